The summed E-state index contributed by atoms with van der Waals surface area (Å²) in [5, 5.41) is 2.57. The Morgan fingerprint density at radius 2 is 2.00 bits per heavy atom. The summed E-state index contributed by atoms with van der Waals surface area (Å²) in [5.74, 6) is 0.195. The number of hydrogen-bond donors (Lipinski definition) is 2. The number of nitrogens with one attached hydrogen (secondary N) is 1. The number of nitrogens with two attached hydrogens (primary N) is 1. The summed E-state index contributed by atoms with van der Waals surface area (Å²) in [4.78, 5) is 12.8. The third-order valence-corrected chi connectivity index (χ3v) is 3.36. The number of carbonyl (C=O) groups is 1. The van der Waals surface area contributed by atoms with Gasteiger partial charge in [0, 0.05) is 4.90 Å². The van der Waals surface area contributed by atoms with E-state index in [1.54, 1.807) is 23.4 Å². The first-order valence-corrected chi connectivity index (χ1v) is 6.37. The highest BCUT2D eigenvalue weighted by Crippen LogP contribution is 2.17. The predicted molar refractivity (Wildman–Crippen MR) is 69.7 cm³/mol. The lowest BCUT2D eigenvalue weighted by molar-refractivity contribution is -0.432. The second kappa shape index (κ2) is 4.63. The number of likely N-dealkylation sites (N-methyl/N-ethyl adjacent to an activating group) is 1. The topological polar surface area (TPSA) is 58.1 Å². The van der Waals surface area contributed by atoms with Gasteiger partial charge in [-0.25, -0.2) is 14.7 Å². The Labute approximate surface area is 104 Å². The molecule has 1 heterocycles. The van der Waals surface area contributed by atoms with Gasteiger partial charge in [-0.3, -0.25) is 5.73 Å². The number of amides is 1. The van der Waals surface area contributed by atoms with Gasteiger partial charge in [0.2, 0.25) is 0 Å². The third-order valence-electron chi connectivity index (χ3n) is 2.62. The van der Waals surface area contributed by atoms with Crippen LogP contribution in [0.1, 0.15) is 5.56 Å². The molecule has 0 unspecified atom stereocenters. The first kappa shape index (κ1) is 11.7. The molecule has 1 amide bonds. The number of benzene rings is 1. The molecule has 1 aromatic carbocycles. The molecule has 17 heavy (non-hydrogen) atoms. The van der Waals surface area contributed by atoms with Crippen LogP contribution in [0.5, 0.6) is 0 Å². The maximum atomic E-state index is 11.6. The second-order valence-electron chi connectivity index (χ2n) is 3.70. The largest absolute Gasteiger partial charge is 0.356 e. The highest BCUT2D eigenvalue weighted by molar-refractivity contribution is 7.98. The van der Waals surface area contributed by atoms with Crippen LogP contribution in [0.15, 0.2) is 34.9 Å². The monoisotopic (exact) mass is 248 g/mol. The number of nitrogens with zero attached hydrogens (tertiary/aromatic N) is 1. The van der Waals surface area contributed by atoms with E-state index in [1.165, 1.54) is 4.90 Å². The second-order valence-corrected chi connectivity index (χ2v) is 4.58. The van der Waals surface area contributed by atoms with Crippen LogP contribution in [-0.2, 0) is 4.79 Å². The summed E-state index contributed by atoms with van der Waals surface area (Å²) in [5.41, 5.74) is 7.16. The molecule has 0 aliphatic carbocycles. The molecular formula is C12H14N3OS+. The fourth-order valence-corrected chi connectivity index (χ4v) is 1.97. The van der Waals surface area contributed by atoms with E-state index in [1.807, 2.05) is 36.6 Å². The van der Waals surface area contributed by atoms with Gasteiger partial charge >= 0.3 is 11.9 Å². The molecule has 88 valence electrons. The van der Waals surface area contributed by atoms with E-state index in [0.29, 0.717) is 11.7 Å². The minimum Gasteiger partial charge on any atom is -0.290 e. The minimum atomic E-state index is -0.168. The van der Waals surface area contributed by atoms with Gasteiger partial charge < -0.3 is 0 Å². The van der Waals surface area contributed by atoms with Crippen LogP contribution in [0.3, 0.4) is 0 Å². The summed E-state index contributed by atoms with van der Waals surface area (Å²) in [6.45, 7) is 0. The standard InChI is InChI=1S/C12H13N3OS/c1-15-10(11(16)14-12(15)13)7-8-3-5-9(17-2)6-4-8/h3-7H,1-2H3,(H2,13,14,16)/p+1. The van der Waals surface area contributed by atoms with Crippen molar-refractivity contribution in [1.82, 2.24) is 5.32 Å². The van der Waals surface area contributed by atoms with Gasteiger partial charge in [-0.2, -0.15) is 0 Å². The van der Waals surface area contributed by atoms with Crippen LogP contribution < -0.4 is 11.1 Å². The van der Waals surface area contributed by atoms with E-state index in [9.17, 15) is 4.79 Å². The number of hydrogen-bond acceptors (Lipinski definition) is 3. The summed E-state index contributed by atoms with van der Waals surface area (Å²) in [6.07, 6.45) is 3.85. The zero-order valence-corrected chi connectivity index (χ0v) is 10.5. The molecule has 2 rings (SSSR count). The quantitative estimate of drug-likeness (QED) is 0.463. The predicted octanol–water partition coefficient (Wildman–Crippen LogP) is 0.836. The van der Waals surface area contributed by atoms with Gasteiger partial charge in [0.15, 0.2) is 5.70 Å². The van der Waals surface area contributed by atoms with Crippen molar-refractivity contribution in [3.05, 3.63) is 35.5 Å². The van der Waals surface area contributed by atoms with Gasteiger partial charge in [0.25, 0.3) is 0 Å². The Bertz CT molecular complexity index is 517. The van der Waals surface area contributed by atoms with E-state index >= 15 is 0 Å². The smallest absolute Gasteiger partial charge is 0.290 e. The number of thioether (sulfide) groups is 1. The summed E-state index contributed by atoms with van der Waals surface area (Å²) in [7, 11) is 1.76. The van der Waals surface area contributed by atoms with Gasteiger partial charge in [-0.1, -0.05) is 12.1 Å². The van der Waals surface area contributed by atoms with Crippen LogP contribution in [0.2, 0.25) is 0 Å². The Hall–Kier alpha value is -1.75. The average Bonchev–Trinajstić information content (AvgIpc) is 2.57. The highest BCUT2D eigenvalue weighted by atomic mass is 32.2. The number of rotatable bonds is 2. The molecule has 0 atom stereocenters. The van der Waals surface area contributed by atoms with E-state index in [2.05, 4.69) is 5.32 Å². The molecule has 4 nitrogen and oxygen atoms in total. The summed E-state index contributed by atoms with van der Waals surface area (Å²) < 4.78 is 1.64. The van der Waals surface area contributed by atoms with Gasteiger partial charge in [0.1, 0.15) is 0 Å². The van der Waals surface area contributed by atoms with Crippen molar-refractivity contribution >= 4 is 29.7 Å². The van der Waals surface area contributed by atoms with Crippen LogP contribution in [-0.4, -0.2) is 29.7 Å². The van der Waals surface area contributed by atoms with E-state index in [-0.39, 0.29) is 5.91 Å². The van der Waals surface area contributed by atoms with Gasteiger partial charge in [-0.05, 0) is 30.0 Å². The first-order chi connectivity index (χ1) is 8.11. The molecule has 3 N–H and O–H groups in total. The lowest BCUT2D eigenvalue weighted by atomic mass is 10.2. The molecule has 5 heteroatoms. The minimum absolute atomic E-state index is 0.168. The SMILES string of the molecule is CSc1ccc(C=C2C(=O)NC(N)=[N+]2C)cc1. The van der Waals surface area contributed by atoms with Crippen LogP contribution in [0.25, 0.3) is 6.08 Å². The van der Waals surface area contributed by atoms with Gasteiger partial charge in [-0.15, -0.1) is 11.8 Å². The number of carbonyl (C=O) groups excluding carboxylic acids is 1. The summed E-state index contributed by atoms with van der Waals surface area (Å²) in [6, 6.07) is 8.01. The Morgan fingerprint density at radius 1 is 1.35 bits per heavy atom. The van der Waals surface area contributed by atoms with Crippen molar-refractivity contribution in [2.45, 2.75) is 4.90 Å². The zero-order valence-electron chi connectivity index (χ0n) is 9.73. The van der Waals surface area contributed by atoms with E-state index in [4.69, 9.17) is 5.73 Å². The first-order valence-electron chi connectivity index (χ1n) is 5.15. The zero-order chi connectivity index (χ0) is 12.4. The normalized spacial score (nSPS) is 17.8. The fraction of sp³-hybridized carbons (Fsp3) is 0.167. The van der Waals surface area contributed by atoms with Crippen molar-refractivity contribution in [3.8, 4) is 0 Å². The molecule has 0 radical (unpaired) electrons. The third kappa shape index (κ3) is 2.34. The molecule has 0 bridgehead atoms. The molecule has 0 saturated heterocycles. The lowest BCUT2D eigenvalue weighted by Crippen LogP contribution is -2.32. The van der Waals surface area contributed by atoms with Crippen molar-refractivity contribution in [2.75, 3.05) is 13.3 Å². The lowest BCUT2D eigenvalue weighted by Gasteiger charge is -1.99. The average molecular weight is 248 g/mol. The van der Waals surface area contributed by atoms with Crippen LogP contribution in [0, 0.1) is 0 Å². The highest BCUT2D eigenvalue weighted by Gasteiger charge is 2.28. The molecule has 0 fully saturated rings. The van der Waals surface area contributed by atoms with Crippen LogP contribution >= 0.6 is 11.8 Å². The van der Waals surface area contributed by atoms with Gasteiger partial charge in [0.05, 0.1) is 7.05 Å². The maximum Gasteiger partial charge on any atom is 0.356 e. The van der Waals surface area contributed by atoms with Crippen molar-refractivity contribution < 1.29 is 9.37 Å². The molecule has 1 aromatic rings. The van der Waals surface area contributed by atoms with Crippen molar-refractivity contribution in [2.24, 2.45) is 5.73 Å². The van der Waals surface area contributed by atoms with E-state index < -0.39 is 0 Å². The molecule has 0 spiro atoms. The van der Waals surface area contributed by atoms with Crippen molar-refractivity contribution in [3.63, 3.8) is 0 Å². The molecule has 1 aliphatic heterocycles. The van der Waals surface area contributed by atoms with Crippen molar-refractivity contribution in [1.29, 1.82) is 0 Å². The summed E-state index contributed by atoms with van der Waals surface area (Å²) >= 11 is 1.69. The molecule has 0 aromatic heterocycles. The Kier molecular flexibility index (Phi) is 3.19. The molecular weight excluding hydrogens is 234 g/mol. The number of guanidine groups is 1. The fourth-order valence-electron chi connectivity index (χ4n) is 1.57. The Balaban J connectivity index is 2.33. The molecule has 1 aliphatic rings. The Morgan fingerprint density at radius 3 is 2.47 bits per heavy atom. The molecule has 0 saturated carbocycles. The van der Waals surface area contributed by atoms with E-state index in [0.717, 1.165) is 5.56 Å². The van der Waals surface area contributed by atoms with Crippen LogP contribution in [0.4, 0.5) is 0 Å². The maximum absolute atomic E-state index is 11.6.